The Labute approximate surface area is 191 Å². The topological polar surface area (TPSA) is 93.2 Å². The minimum Gasteiger partial charge on any atom is -0.465 e. The Morgan fingerprint density at radius 1 is 1.23 bits per heavy atom. The smallest absolute Gasteiger partial charge is 0.341 e. The van der Waals surface area contributed by atoms with Crippen molar-refractivity contribution < 1.29 is 14.3 Å². The van der Waals surface area contributed by atoms with Crippen molar-refractivity contribution in [3.63, 3.8) is 0 Å². The van der Waals surface area contributed by atoms with Crippen LogP contribution in [0.1, 0.15) is 24.2 Å². The van der Waals surface area contributed by atoms with E-state index >= 15 is 0 Å². The van der Waals surface area contributed by atoms with E-state index in [1.165, 1.54) is 41.5 Å². The van der Waals surface area contributed by atoms with Gasteiger partial charge >= 0.3 is 5.97 Å². The van der Waals surface area contributed by atoms with E-state index in [9.17, 15) is 9.59 Å². The lowest BCUT2D eigenvalue weighted by Gasteiger charge is -2.08. The normalized spacial score (nSPS) is 10.8. The first-order valence-corrected chi connectivity index (χ1v) is 11.9. The molecule has 0 aliphatic heterocycles. The zero-order valence-corrected chi connectivity index (χ0v) is 19.6. The number of thiophene rings is 1. The first-order valence-electron chi connectivity index (χ1n) is 8.86. The zero-order chi connectivity index (χ0) is 21.7. The van der Waals surface area contributed by atoms with Crippen molar-refractivity contribution in [2.75, 3.05) is 23.5 Å². The monoisotopic (exact) mass is 482 g/mol. The number of halogens is 1. The van der Waals surface area contributed by atoms with Gasteiger partial charge in [0.2, 0.25) is 11.0 Å². The molecule has 2 N–H and O–H groups in total. The van der Waals surface area contributed by atoms with Crippen LogP contribution in [0.2, 0.25) is 5.02 Å². The summed E-state index contributed by atoms with van der Waals surface area (Å²) in [6.45, 7) is 4.02. The number of benzene rings is 1. The molecule has 0 spiro atoms. The van der Waals surface area contributed by atoms with Crippen LogP contribution in [0.4, 0.5) is 10.1 Å². The molecule has 0 radical (unpaired) electrons. The van der Waals surface area contributed by atoms with Gasteiger partial charge in [0.15, 0.2) is 4.34 Å². The van der Waals surface area contributed by atoms with Crippen LogP contribution < -0.4 is 10.6 Å². The first-order chi connectivity index (χ1) is 14.4. The summed E-state index contributed by atoms with van der Waals surface area (Å²) in [4.78, 5) is 24.9. The molecule has 158 valence electrons. The Morgan fingerprint density at radius 2 is 2.00 bits per heavy atom. The molecule has 11 heteroatoms. The number of nitrogens with one attached hydrogen (secondary N) is 2. The van der Waals surface area contributed by atoms with Crippen molar-refractivity contribution in [1.29, 1.82) is 0 Å². The zero-order valence-electron chi connectivity index (χ0n) is 16.4. The summed E-state index contributed by atoms with van der Waals surface area (Å²) in [6.07, 6.45) is 0. The molecule has 7 nitrogen and oxygen atoms in total. The standard InChI is InChI=1S/C19H19ClN4O3S3/c1-10(2)21-18-23-24-19(30-18)29-9-14(25)22-16-15(17(26)27-3)12(8-28-16)11-6-4-5-7-13(11)20/h4-8,10H,9H2,1-3H3,(H,21,23)(H,22,25). The first kappa shape index (κ1) is 22.5. The number of thioether (sulfide) groups is 1. The van der Waals surface area contributed by atoms with Crippen LogP contribution in [0.15, 0.2) is 34.0 Å². The van der Waals surface area contributed by atoms with E-state index in [2.05, 4.69) is 20.8 Å². The predicted molar refractivity (Wildman–Crippen MR) is 124 cm³/mol. The second-order valence-electron chi connectivity index (χ2n) is 6.33. The fourth-order valence-corrected chi connectivity index (χ4v) is 5.40. The molecular weight excluding hydrogens is 464 g/mol. The molecule has 0 saturated heterocycles. The van der Waals surface area contributed by atoms with Crippen LogP contribution in [0.25, 0.3) is 11.1 Å². The van der Waals surface area contributed by atoms with E-state index in [1.54, 1.807) is 11.4 Å². The van der Waals surface area contributed by atoms with Gasteiger partial charge in [-0.05, 0) is 19.9 Å². The van der Waals surface area contributed by atoms with Crippen LogP contribution in [0.3, 0.4) is 0 Å². The van der Waals surface area contributed by atoms with E-state index in [0.717, 1.165) is 0 Å². The number of amides is 1. The number of anilines is 2. The number of carbonyl (C=O) groups excluding carboxylic acids is 2. The number of esters is 1. The van der Waals surface area contributed by atoms with Crippen molar-refractivity contribution in [3.05, 3.63) is 40.2 Å². The molecule has 0 aliphatic rings. The summed E-state index contributed by atoms with van der Waals surface area (Å²) in [6, 6.07) is 7.46. The Kier molecular flexibility index (Phi) is 7.70. The molecule has 2 heterocycles. The van der Waals surface area contributed by atoms with Gasteiger partial charge in [0, 0.05) is 27.6 Å². The Hall–Kier alpha value is -2.14. The van der Waals surface area contributed by atoms with Gasteiger partial charge in [-0.15, -0.1) is 21.5 Å². The van der Waals surface area contributed by atoms with Crippen LogP contribution in [0, 0.1) is 0 Å². The second kappa shape index (κ2) is 10.3. The number of aromatic nitrogens is 2. The molecular formula is C19H19ClN4O3S3. The van der Waals surface area contributed by atoms with E-state index in [-0.39, 0.29) is 23.3 Å². The summed E-state index contributed by atoms with van der Waals surface area (Å²) in [5.74, 6) is -0.662. The van der Waals surface area contributed by atoms with Crippen molar-refractivity contribution in [3.8, 4) is 11.1 Å². The number of carbonyl (C=O) groups is 2. The number of hydrogen-bond donors (Lipinski definition) is 2. The SMILES string of the molecule is COC(=O)c1c(-c2ccccc2Cl)csc1NC(=O)CSc1nnc(NC(C)C)s1. The summed E-state index contributed by atoms with van der Waals surface area (Å²) in [5.41, 5.74) is 1.60. The summed E-state index contributed by atoms with van der Waals surface area (Å²) in [5, 5.41) is 17.5. The van der Waals surface area contributed by atoms with Gasteiger partial charge in [-0.1, -0.05) is 52.9 Å². The van der Waals surface area contributed by atoms with E-state index < -0.39 is 5.97 Å². The third-order valence-corrected chi connectivity index (χ3v) is 6.96. The van der Waals surface area contributed by atoms with Crippen LogP contribution >= 0.6 is 46.0 Å². The quantitative estimate of drug-likeness (QED) is 0.334. The van der Waals surface area contributed by atoms with E-state index in [0.29, 0.717) is 30.6 Å². The highest BCUT2D eigenvalue weighted by atomic mass is 35.5. The fourth-order valence-electron chi connectivity index (χ4n) is 2.50. The highest BCUT2D eigenvalue weighted by Crippen LogP contribution is 2.39. The number of rotatable bonds is 8. The maximum atomic E-state index is 12.5. The van der Waals surface area contributed by atoms with Crippen molar-refractivity contribution in [2.45, 2.75) is 24.2 Å². The lowest BCUT2D eigenvalue weighted by molar-refractivity contribution is -0.113. The molecule has 30 heavy (non-hydrogen) atoms. The molecule has 0 aliphatic carbocycles. The molecule has 0 saturated carbocycles. The largest absolute Gasteiger partial charge is 0.465 e. The van der Waals surface area contributed by atoms with Crippen molar-refractivity contribution in [1.82, 2.24) is 10.2 Å². The summed E-state index contributed by atoms with van der Waals surface area (Å²) < 4.78 is 5.61. The molecule has 3 rings (SSSR count). The van der Waals surface area contributed by atoms with E-state index in [1.807, 2.05) is 32.0 Å². The van der Waals surface area contributed by atoms with Gasteiger partial charge in [-0.3, -0.25) is 4.79 Å². The Balaban J connectivity index is 1.73. The molecule has 0 atom stereocenters. The van der Waals surface area contributed by atoms with E-state index in [4.69, 9.17) is 16.3 Å². The Morgan fingerprint density at radius 3 is 2.70 bits per heavy atom. The molecule has 0 bridgehead atoms. The molecule has 0 fully saturated rings. The summed E-state index contributed by atoms with van der Waals surface area (Å²) in [7, 11) is 1.30. The lowest BCUT2D eigenvalue weighted by atomic mass is 10.0. The third-order valence-electron chi connectivity index (χ3n) is 3.74. The minimum atomic E-state index is -0.539. The van der Waals surface area contributed by atoms with Crippen LogP contribution in [0.5, 0.6) is 0 Å². The number of hydrogen-bond acceptors (Lipinski definition) is 9. The maximum Gasteiger partial charge on any atom is 0.341 e. The number of methoxy groups -OCH3 is 1. The second-order valence-corrected chi connectivity index (χ2v) is 9.82. The van der Waals surface area contributed by atoms with Crippen molar-refractivity contribution in [2.24, 2.45) is 0 Å². The fraction of sp³-hybridized carbons (Fsp3) is 0.263. The predicted octanol–water partition coefficient (Wildman–Crippen LogP) is 5.26. The van der Waals surface area contributed by atoms with Crippen molar-refractivity contribution >= 4 is 68.0 Å². The molecule has 0 unspecified atom stereocenters. The van der Waals surface area contributed by atoms with Gasteiger partial charge in [0.1, 0.15) is 10.6 Å². The Bertz CT molecular complexity index is 1050. The van der Waals surface area contributed by atoms with Crippen LogP contribution in [-0.2, 0) is 9.53 Å². The highest BCUT2D eigenvalue weighted by Gasteiger charge is 2.23. The van der Waals surface area contributed by atoms with Gasteiger partial charge in [0.25, 0.3) is 0 Å². The highest BCUT2D eigenvalue weighted by molar-refractivity contribution is 8.01. The average Bonchev–Trinajstić information content (AvgIpc) is 3.32. The third kappa shape index (κ3) is 5.51. The molecule has 1 amide bonds. The van der Waals surface area contributed by atoms with Gasteiger partial charge in [-0.25, -0.2) is 4.79 Å². The lowest BCUT2D eigenvalue weighted by Crippen LogP contribution is -2.16. The van der Waals surface area contributed by atoms with Crippen LogP contribution in [-0.4, -0.2) is 41.0 Å². The van der Waals surface area contributed by atoms with Gasteiger partial charge in [0.05, 0.1) is 12.9 Å². The van der Waals surface area contributed by atoms with Gasteiger partial charge < -0.3 is 15.4 Å². The molecule has 2 aromatic heterocycles. The molecule has 3 aromatic rings. The number of ether oxygens (including phenoxy) is 1. The van der Waals surface area contributed by atoms with Gasteiger partial charge in [-0.2, -0.15) is 0 Å². The maximum absolute atomic E-state index is 12.5. The molecule has 1 aromatic carbocycles. The summed E-state index contributed by atoms with van der Waals surface area (Å²) >= 11 is 10.2. The average molecular weight is 483 g/mol. The minimum absolute atomic E-state index is 0.135. The number of nitrogens with zero attached hydrogens (tertiary/aromatic N) is 2.